The number of hydrogen-bond acceptors (Lipinski definition) is 5. The molecule has 0 atom stereocenters. The van der Waals surface area contributed by atoms with Crippen LogP contribution in [-0.2, 0) is 9.53 Å². The molecule has 0 saturated carbocycles. The van der Waals surface area contributed by atoms with E-state index in [0.717, 1.165) is 19.3 Å². The summed E-state index contributed by atoms with van der Waals surface area (Å²) >= 11 is 0. The maximum absolute atomic E-state index is 11.5. The van der Waals surface area contributed by atoms with Gasteiger partial charge in [-0.15, -0.1) is 0 Å². The van der Waals surface area contributed by atoms with E-state index in [1.165, 1.54) is 46.7 Å². The molecule has 1 rings (SSSR count). The van der Waals surface area contributed by atoms with Crippen molar-refractivity contribution in [3.8, 4) is 17.2 Å². The van der Waals surface area contributed by atoms with Crippen molar-refractivity contribution in [1.29, 1.82) is 0 Å². The maximum Gasteiger partial charge on any atom is 0.371 e. The van der Waals surface area contributed by atoms with Crippen LogP contribution in [-0.4, -0.2) is 39.0 Å². The molecule has 0 bridgehead atoms. The Balaban J connectivity index is 2.80. The summed E-state index contributed by atoms with van der Waals surface area (Å²) < 4.78 is 21.3. The lowest BCUT2D eigenvalue weighted by Crippen LogP contribution is -2.06. The molecule has 6 heteroatoms. The van der Waals surface area contributed by atoms with Gasteiger partial charge in [-0.25, -0.2) is 4.79 Å². The normalized spacial score (nSPS) is 11.2. The van der Waals surface area contributed by atoms with Crippen LogP contribution in [0.5, 0.6) is 17.2 Å². The Morgan fingerprint density at radius 3 is 2.04 bits per heavy atom. The summed E-state index contributed by atoms with van der Waals surface area (Å²) in [5.74, 6) is 0.159. The second-order valence-corrected chi connectivity index (χ2v) is 5.89. The Hall–Kier alpha value is -2.37. The van der Waals surface area contributed by atoms with Gasteiger partial charge in [0.2, 0.25) is 11.5 Å². The van der Waals surface area contributed by atoms with Gasteiger partial charge in [0, 0.05) is 0 Å². The van der Waals surface area contributed by atoms with Gasteiger partial charge in [0.05, 0.1) is 27.9 Å². The van der Waals surface area contributed by atoms with Crippen molar-refractivity contribution < 1.29 is 28.8 Å². The number of benzene rings is 1. The summed E-state index contributed by atoms with van der Waals surface area (Å²) in [4.78, 5) is 11.5. The first-order valence-corrected chi connectivity index (χ1v) is 8.95. The Morgan fingerprint density at radius 2 is 1.54 bits per heavy atom. The van der Waals surface area contributed by atoms with Gasteiger partial charge in [0.15, 0.2) is 11.5 Å². The lowest BCUT2D eigenvalue weighted by atomic mass is 10.1. The smallest absolute Gasteiger partial charge is 0.371 e. The molecule has 0 amide bonds. The zero-order valence-electron chi connectivity index (χ0n) is 16.2. The lowest BCUT2D eigenvalue weighted by molar-refractivity contribution is -0.136. The average Bonchev–Trinajstić information content (AvgIpc) is 2.65. The highest BCUT2D eigenvalue weighted by Crippen LogP contribution is 2.38. The molecule has 0 heterocycles. The fourth-order valence-corrected chi connectivity index (χ4v) is 2.57. The monoisotopic (exact) mass is 366 g/mol. The summed E-state index contributed by atoms with van der Waals surface area (Å²) in [6.45, 7) is 2.56. The fourth-order valence-electron chi connectivity index (χ4n) is 2.57. The summed E-state index contributed by atoms with van der Waals surface area (Å²) in [5.41, 5.74) is 0.597. The largest absolute Gasteiger partial charge is 0.493 e. The second kappa shape index (κ2) is 12.1. The first-order chi connectivity index (χ1) is 12.6. The number of rotatable bonds is 13. The van der Waals surface area contributed by atoms with Crippen molar-refractivity contribution in [3.63, 3.8) is 0 Å². The van der Waals surface area contributed by atoms with E-state index in [9.17, 15) is 9.90 Å². The van der Waals surface area contributed by atoms with Crippen LogP contribution in [0.4, 0.5) is 0 Å². The van der Waals surface area contributed by atoms with E-state index in [-0.39, 0.29) is 5.76 Å². The SMILES string of the molecule is CCCCCCCCOC(=Cc1cc(OC)c(OC)c(OC)c1)C(=O)O. The Labute approximate surface area is 155 Å². The summed E-state index contributed by atoms with van der Waals surface area (Å²) in [6, 6.07) is 3.36. The van der Waals surface area contributed by atoms with E-state index in [0.29, 0.717) is 29.4 Å². The number of carboxylic acids is 1. The average molecular weight is 366 g/mol. The predicted octanol–water partition coefficient (Wildman–Crippen LogP) is 4.52. The number of methoxy groups -OCH3 is 3. The number of aliphatic carboxylic acids is 1. The van der Waals surface area contributed by atoms with Crippen molar-refractivity contribution in [2.75, 3.05) is 27.9 Å². The highest BCUT2D eigenvalue weighted by Gasteiger charge is 2.15. The molecule has 0 saturated heterocycles. The molecule has 0 radical (unpaired) electrons. The molecule has 0 aliphatic carbocycles. The van der Waals surface area contributed by atoms with E-state index in [4.69, 9.17) is 18.9 Å². The van der Waals surface area contributed by atoms with Crippen LogP contribution < -0.4 is 14.2 Å². The standard InChI is InChI=1S/C20H30O6/c1-5-6-7-8-9-10-11-26-18(20(21)22)14-15-12-16(23-2)19(25-4)17(13-15)24-3/h12-14H,5-11H2,1-4H3,(H,21,22). The number of hydrogen-bond donors (Lipinski definition) is 1. The van der Waals surface area contributed by atoms with Gasteiger partial charge >= 0.3 is 5.97 Å². The second-order valence-electron chi connectivity index (χ2n) is 5.89. The third-order valence-electron chi connectivity index (χ3n) is 3.95. The zero-order valence-corrected chi connectivity index (χ0v) is 16.2. The Morgan fingerprint density at radius 1 is 0.962 bits per heavy atom. The van der Waals surface area contributed by atoms with Crippen LogP contribution in [0.3, 0.4) is 0 Å². The van der Waals surface area contributed by atoms with Gasteiger partial charge < -0.3 is 24.1 Å². The molecule has 0 aliphatic heterocycles. The summed E-state index contributed by atoms with van der Waals surface area (Å²) in [7, 11) is 4.54. The lowest BCUT2D eigenvalue weighted by Gasteiger charge is -2.13. The van der Waals surface area contributed by atoms with Gasteiger partial charge in [-0.2, -0.15) is 0 Å². The zero-order chi connectivity index (χ0) is 19.4. The van der Waals surface area contributed by atoms with Crippen molar-refractivity contribution >= 4 is 12.0 Å². The van der Waals surface area contributed by atoms with E-state index < -0.39 is 5.97 Å². The molecule has 0 unspecified atom stereocenters. The molecule has 0 spiro atoms. The van der Waals surface area contributed by atoms with Gasteiger partial charge in [0.25, 0.3) is 0 Å². The fraction of sp³-hybridized carbons (Fsp3) is 0.550. The van der Waals surface area contributed by atoms with Gasteiger partial charge in [-0.3, -0.25) is 0 Å². The topological polar surface area (TPSA) is 74.2 Å². The van der Waals surface area contributed by atoms with Crippen molar-refractivity contribution in [1.82, 2.24) is 0 Å². The van der Waals surface area contributed by atoms with E-state index >= 15 is 0 Å². The minimum atomic E-state index is -1.11. The third-order valence-corrected chi connectivity index (χ3v) is 3.95. The number of ether oxygens (including phenoxy) is 4. The van der Waals surface area contributed by atoms with Crippen LogP contribution in [0, 0.1) is 0 Å². The summed E-state index contributed by atoms with van der Waals surface area (Å²) in [5, 5.41) is 9.38. The predicted molar refractivity (Wildman–Crippen MR) is 101 cm³/mol. The van der Waals surface area contributed by atoms with Crippen LogP contribution in [0.2, 0.25) is 0 Å². The molecule has 146 valence electrons. The molecule has 1 aromatic carbocycles. The first kappa shape index (κ1) is 21.7. The third kappa shape index (κ3) is 6.86. The minimum absolute atomic E-state index is 0.104. The van der Waals surface area contributed by atoms with Gasteiger partial charge in [-0.1, -0.05) is 39.0 Å². The van der Waals surface area contributed by atoms with E-state index in [2.05, 4.69) is 6.92 Å². The Bertz CT molecular complexity index is 569. The van der Waals surface area contributed by atoms with Crippen LogP contribution in [0.1, 0.15) is 51.0 Å². The molecule has 26 heavy (non-hydrogen) atoms. The number of unbranched alkanes of at least 4 members (excludes halogenated alkanes) is 5. The molecular weight excluding hydrogens is 336 g/mol. The summed E-state index contributed by atoms with van der Waals surface area (Å²) in [6.07, 6.45) is 8.14. The van der Waals surface area contributed by atoms with Crippen molar-refractivity contribution in [3.05, 3.63) is 23.5 Å². The molecule has 1 N–H and O–H groups in total. The molecule has 0 aromatic heterocycles. The molecule has 0 aliphatic rings. The van der Waals surface area contributed by atoms with Crippen molar-refractivity contribution in [2.24, 2.45) is 0 Å². The van der Waals surface area contributed by atoms with Crippen molar-refractivity contribution in [2.45, 2.75) is 45.4 Å². The maximum atomic E-state index is 11.5. The highest BCUT2D eigenvalue weighted by molar-refractivity contribution is 5.90. The molecular formula is C20H30O6. The minimum Gasteiger partial charge on any atom is -0.493 e. The number of carbonyl (C=O) groups is 1. The Kier molecular flexibility index (Phi) is 10.1. The quantitative estimate of drug-likeness (QED) is 0.314. The molecule has 1 aromatic rings. The molecule has 0 fully saturated rings. The van der Waals surface area contributed by atoms with Crippen LogP contribution in [0.25, 0.3) is 6.08 Å². The molecule has 6 nitrogen and oxygen atoms in total. The van der Waals surface area contributed by atoms with Crippen LogP contribution >= 0.6 is 0 Å². The number of carboxylic acid groups (broad SMARTS) is 1. The first-order valence-electron chi connectivity index (χ1n) is 8.95. The van der Waals surface area contributed by atoms with Gasteiger partial charge in [0.1, 0.15) is 0 Å². The van der Waals surface area contributed by atoms with E-state index in [1.54, 1.807) is 12.1 Å². The van der Waals surface area contributed by atoms with Crippen LogP contribution in [0.15, 0.2) is 17.9 Å². The van der Waals surface area contributed by atoms with E-state index in [1.807, 2.05) is 0 Å². The van der Waals surface area contributed by atoms with Gasteiger partial charge in [-0.05, 0) is 30.2 Å². The highest BCUT2D eigenvalue weighted by atomic mass is 16.5.